The summed E-state index contributed by atoms with van der Waals surface area (Å²) in [6.45, 7) is 2.06. The zero-order valence-corrected chi connectivity index (χ0v) is 22.5. The van der Waals surface area contributed by atoms with E-state index < -0.39 is 11.8 Å². The number of hydrogen-bond acceptors (Lipinski definition) is 8. The molecule has 2 aromatic carbocycles. The number of thiophene rings is 1. The predicted molar refractivity (Wildman–Crippen MR) is 142 cm³/mol. The lowest BCUT2D eigenvalue weighted by Gasteiger charge is -2.08. The van der Waals surface area contributed by atoms with Gasteiger partial charge in [0, 0.05) is 24.1 Å². The van der Waals surface area contributed by atoms with Crippen LogP contribution in [-0.4, -0.2) is 39.5 Å². The van der Waals surface area contributed by atoms with Gasteiger partial charge in [0.15, 0.2) is 11.0 Å². The van der Waals surface area contributed by atoms with Crippen molar-refractivity contribution in [3.05, 3.63) is 75.6 Å². The average molecular weight is 561 g/mol. The van der Waals surface area contributed by atoms with E-state index in [1.54, 1.807) is 11.6 Å². The quantitative estimate of drug-likeness (QED) is 0.206. The molecule has 37 heavy (non-hydrogen) atoms. The minimum Gasteiger partial charge on any atom is -0.486 e. The highest BCUT2D eigenvalue weighted by Gasteiger charge is 2.23. The van der Waals surface area contributed by atoms with Crippen LogP contribution in [0.2, 0.25) is 5.02 Å². The molecule has 0 spiro atoms. The van der Waals surface area contributed by atoms with Gasteiger partial charge < -0.3 is 19.4 Å². The zero-order chi connectivity index (χ0) is 26.5. The lowest BCUT2D eigenvalue weighted by atomic mass is 10.0. The summed E-state index contributed by atoms with van der Waals surface area (Å²) < 4.78 is 25.6. The third kappa shape index (κ3) is 6.30. The maximum absolute atomic E-state index is 13.3. The van der Waals surface area contributed by atoms with Crippen molar-refractivity contribution in [1.82, 2.24) is 14.8 Å². The van der Waals surface area contributed by atoms with Gasteiger partial charge in [0.1, 0.15) is 28.7 Å². The molecule has 4 rings (SSSR count). The Morgan fingerprint density at radius 2 is 1.95 bits per heavy atom. The Morgan fingerprint density at radius 3 is 2.65 bits per heavy atom. The highest BCUT2D eigenvalue weighted by atomic mass is 35.5. The lowest BCUT2D eigenvalue weighted by Crippen LogP contribution is -2.16. The maximum Gasteiger partial charge on any atom is 0.341 e. The summed E-state index contributed by atoms with van der Waals surface area (Å²) in [6.07, 6.45) is 0. The van der Waals surface area contributed by atoms with E-state index in [4.69, 9.17) is 21.1 Å². The van der Waals surface area contributed by atoms with Crippen molar-refractivity contribution < 1.29 is 23.5 Å². The second kappa shape index (κ2) is 11.8. The number of halogens is 2. The smallest absolute Gasteiger partial charge is 0.341 e. The largest absolute Gasteiger partial charge is 0.486 e. The summed E-state index contributed by atoms with van der Waals surface area (Å²) in [5.41, 5.74) is 2.96. The van der Waals surface area contributed by atoms with Gasteiger partial charge in [0.2, 0.25) is 5.91 Å². The Kier molecular flexibility index (Phi) is 8.47. The van der Waals surface area contributed by atoms with Crippen LogP contribution < -0.4 is 10.1 Å². The number of methoxy groups -OCH3 is 1. The number of aryl methyl sites for hydroxylation is 1. The van der Waals surface area contributed by atoms with Gasteiger partial charge in [-0.05, 0) is 24.6 Å². The molecule has 0 saturated heterocycles. The fourth-order valence-corrected chi connectivity index (χ4v) is 5.18. The number of esters is 1. The summed E-state index contributed by atoms with van der Waals surface area (Å²) in [6, 6.07) is 11.8. The van der Waals surface area contributed by atoms with Gasteiger partial charge in [0.05, 0.1) is 17.9 Å². The molecule has 12 heteroatoms. The van der Waals surface area contributed by atoms with Crippen LogP contribution >= 0.6 is 34.7 Å². The molecule has 2 heterocycles. The molecule has 8 nitrogen and oxygen atoms in total. The van der Waals surface area contributed by atoms with Crippen molar-refractivity contribution in [3.63, 3.8) is 0 Å². The molecule has 192 valence electrons. The number of carbonyl (C=O) groups is 2. The number of hydrogen-bond donors (Lipinski definition) is 1. The lowest BCUT2D eigenvalue weighted by molar-refractivity contribution is -0.113. The number of benzene rings is 2. The minimum atomic E-state index is -0.530. The Hall–Kier alpha value is -3.41. The van der Waals surface area contributed by atoms with Crippen LogP contribution in [0.3, 0.4) is 0 Å². The number of carbonyl (C=O) groups excluding carboxylic acids is 2. The first kappa shape index (κ1) is 26.6. The minimum absolute atomic E-state index is 0.0372. The maximum atomic E-state index is 13.3. The molecule has 2 aromatic heterocycles. The number of rotatable bonds is 9. The van der Waals surface area contributed by atoms with Crippen molar-refractivity contribution in [2.45, 2.75) is 18.7 Å². The Bertz CT molecular complexity index is 1440. The van der Waals surface area contributed by atoms with E-state index >= 15 is 0 Å². The molecule has 1 N–H and O–H groups in total. The molecule has 0 aliphatic heterocycles. The standard InChI is InChI=1S/C25H22ClFN4O4S2/c1-14-4-6-15(7-5-14)17-12-36-23(22(17)24(33)34-3)28-21(32)13-37-25-30-29-20(31(25)2)11-35-16-8-9-19(27)18(26)10-16/h4-10,12H,11,13H2,1-3H3,(H,28,32). The first-order valence-corrected chi connectivity index (χ1v) is 13.2. The molecule has 0 atom stereocenters. The highest BCUT2D eigenvalue weighted by molar-refractivity contribution is 7.99. The van der Waals surface area contributed by atoms with Gasteiger partial charge in [-0.1, -0.05) is 53.2 Å². The second-order valence-electron chi connectivity index (χ2n) is 7.87. The molecule has 0 fully saturated rings. The summed E-state index contributed by atoms with van der Waals surface area (Å²) in [7, 11) is 3.06. The molecular weight excluding hydrogens is 539 g/mol. The van der Waals surface area contributed by atoms with Crippen LogP contribution in [0.1, 0.15) is 21.7 Å². The van der Waals surface area contributed by atoms with Crippen LogP contribution in [0, 0.1) is 12.7 Å². The summed E-state index contributed by atoms with van der Waals surface area (Å²) in [5.74, 6) is -0.423. The van der Waals surface area contributed by atoms with E-state index in [0.717, 1.165) is 11.1 Å². The molecule has 0 saturated carbocycles. The van der Waals surface area contributed by atoms with Gasteiger partial charge in [-0.2, -0.15) is 0 Å². The number of amides is 1. The summed E-state index contributed by atoms with van der Waals surface area (Å²) in [4.78, 5) is 25.3. The van der Waals surface area contributed by atoms with Gasteiger partial charge >= 0.3 is 5.97 Å². The predicted octanol–water partition coefficient (Wildman–Crippen LogP) is 5.74. The first-order valence-electron chi connectivity index (χ1n) is 10.9. The van der Waals surface area contributed by atoms with Crippen molar-refractivity contribution in [1.29, 1.82) is 0 Å². The van der Waals surface area contributed by atoms with Gasteiger partial charge in [0.25, 0.3) is 0 Å². The number of nitrogens with zero attached hydrogens (tertiary/aromatic N) is 3. The Morgan fingerprint density at radius 1 is 1.19 bits per heavy atom. The molecule has 1 amide bonds. The van der Waals surface area contributed by atoms with E-state index in [0.29, 0.717) is 32.9 Å². The van der Waals surface area contributed by atoms with E-state index in [1.165, 1.54) is 48.4 Å². The number of thioether (sulfide) groups is 1. The topological polar surface area (TPSA) is 95.3 Å². The number of aromatic nitrogens is 3. The van der Waals surface area contributed by atoms with Crippen LogP contribution in [0.5, 0.6) is 5.75 Å². The van der Waals surface area contributed by atoms with Crippen LogP contribution in [-0.2, 0) is 23.2 Å². The molecular formula is C25H22ClFN4O4S2. The van der Waals surface area contributed by atoms with Crippen LogP contribution in [0.25, 0.3) is 11.1 Å². The van der Waals surface area contributed by atoms with E-state index in [2.05, 4.69) is 15.5 Å². The monoisotopic (exact) mass is 560 g/mol. The van der Waals surface area contributed by atoms with Gasteiger partial charge in [-0.3, -0.25) is 4.79 Å². The highest BCUT2D eigenvalue weighted by Crippen LogP contribution is 2.36. The van der Waals surface area contributed by atoms with Crippen LogP contribution in [0.15, 0.2) is 53.0 Å². The number of anilines is 1. The van der Waals surface area contributed by atoms with Crippen molar-refractivity contribution in [2.75, 3.05) is 18.2 Å². The molecule has 0 bridgehead atoms. The fraction of sp³-hybridized carbons (Fsp3) is 0.200. The SMILES string of the molecule is COC(=O)c1c(-c2ccc(C)cc2)csc1NC(=O)CSc1nnc(COc2ccc(F)c(Cl)c2)n1C. The van der Waals surface area contributed by atoms with Crippen molar-refractivity contribution in [3.8, 4) is 16.9 Å². The fourth-order valence-electron chi connectivity index (χ4n) is 3.30. The molecule has 4 aromatic rings. The Balaban J connectivity index is 1.39. The average Bonchev–Trinajstić information content (AvgIpc) is 3.46. The molecule has 0 aliphatic carbocycles. The van der Waals surface area contributed by atoms with Gasteiger partial charge in [-0.25, -0.2) is 9.18 Å². The third-order valence-corrected chi connectivity index (χ3v) is 7.52. The number of ether oxygens (including phenoxy) is 2. The second-order valence-corrected chi connectivity index (χ2v) is 10.1. The first-order chi connectivity index (χ1) is 17.8. The van der Waals surface area contributed by atoms with Crippen LogP contribution in [0.4, 0.5) is 9.39 Å². The summed E-state index contributed by atoms with van der Waals surface area (Å²) in [5, 5.41) is 13.7. The van der Waals surface area contributed by atoms with E-state index in [9.17, 15) is 14.0 Å². The summed E-state index contributed by atoms with van der Waals surface area (Å²) >= 11 is 8.22. The molecule has 0 aliphatic rings. The number of nitrogens with one attached hydrogen (secondary N) is 1. The van der Waals surface area contributed by atoms with Crippen molar-refractivity contribution >= 4 is 51.6 Å². The molecule has 0 unspecified atom stereocenters. The Labute approximate surface area is 225 Å². The normalized spacial score (nSPS) is 10.8. The van der Waals surface area contributed by atoms with E-state index in [-0.39, 0.29) is 23.3 Å². The van der Waals surface area contributed by atoms with E-state index in [1.807, 2.05) is 36.6 Å². The van der Waals surface area contributed by atoms with Gasteiger partial charge in [-0.15, -0.1) is 21.5 Å². The van der Waals surface area contributed by atoms with Crippen molar-refractivity contribution in [2.24, 2.45) is 7.05 Å². The zero-order valence-electron chi connectivity index (χ0n) is 20.1. The third-order valence-electron chi connectivity index (χ3n) is 5.31. The molecule has 0 radical (unpaired) electrons.